The molecule has 0 amide bonds. The normalized spacial score (nSPS) is 12.6. The summed E-state index contributed by atoms with van der Waals surface area (Å²) < 4.78 is 0. The van der Waals surface area contributed by atoms with Gasteiger partial charge in [-0.15, -0.1) is 0 Å². The molecule has 0 fully saturated rings. The van der Waals surface area contributed by atoms with Crippen LogP contribution in [0.1, 0.15) is 299 Å². The Balaban J connectivity index is 6.79. The van der Waals surface area contributed by atoms with Crippen molar-refractivity contribution in [3.8, 4) is 0 Å². The summed E-state index contributed by atoms with van der Waals surface area (Å²) in [5.41, 5.74) is 0.349. The lowest BCUT2D eigenvalue weighted by atomic mass is 9.51. The lowest BCUT2D eigenvalue weighted by Crippen LogP contribution is -2.43. The minimum Gasteiger partial charge on any atom is -0.481 e. The van der Waals surface area contributed by atoms with Crippen molar-refractivity contribution in [2.45, 2.75) is 299 Å². The molecule has 2 nitrogen and oxygen atoms in total. The highest BCUT2D eigenvalue weighted by Crippen LogP contribution is 2.59. The van der Waals surface area contributed by atoms with E-state index < -0.39 is 11.4 Å². The van der Waals surface area contributed by atoms with Crippen LogP contribution >= 0.6 is 0 Å². The molecule has 0 radical (unpaired) electrons. The van der Waals surface area contributed by atoms with Crippen LogP contribution in [0.4, 0.5) is 0 Å². The molecule has 52 heavy (non-hydrogen) atoms. The highest BCUT2D eigenvalue weighted by atomic mass is 16.4. The lowest BCUT2D eigenvalue weighted by molar-refractivity contribution is -0.151. The summed E-state index contributed by atoms with van der Waals surface area (Å²) in [6.07, 6.45) is 50.5. The first-order chi connectivity index (χ1) is 25.3. The van der Waals surface area contributed by atoms with E-state index >= 15 is 0 Å². The van der Waals surface area contributed by atoms with Gasteiger partial charge in [-0.2, -0.15) is 0 Å². The van der Waals surface area contributed by atoms with Crippen molar-refractivity contribution in [3.05, 3.63) is 0 Å². The Kier molecular flexibility index (Phi) is 34.6. The first-order valence-electron chi connectivity index (χ1n) is 24.6. The van der Waals surface area contributed by atoms with Gasteiger partial charge in [0.25, 0.3) is 0 Å². The number of carboxylic acids is 1. The third-order valence-electron chi connectivity index (χ3n) is 13.7. The zero-order valence-electron chi connectivity index (χ0n) is 37.4. The number of aliphatic carboxylic acids is 1. The zero-order chi connectivity index (χ0) is 38.7. The summed E-state index contributed by atoms with van der Waals surface area (Å²) in [7, 11) is 0. The predicted octanol–water partition coefficient (Wildman–Crippen LogP) is 18.4. The number of carboxylic acid groups (broad SMARTS) is 1. The second-order valence-electron chi connectivity index (χ2n) is 18.0. The molecule has 0 aliphatic heterocycles. The van der Waals surface area contributed by atoms with Crippen molar-refractivity contribution in [2.24, 2.45) is 16.2 Å². The summed E-state index contributed by atoms with van der Waals surface area (Å²) in [6, 6.07) is 0. The molecule has 0 unspecified atom stereocenters. The molecule has 312 valence electrons. The fraction of sp³-hybridized carbons (Fsp3) is 0.980. The summed E-state index contributed by atoms with van der Waals surface area (Å²) in [5.74, 6) is -0.483. The molecule has 1 N–H and O–H groups in total. The van der Waals surface area contributed by atoms with Crippen molar-refractivity contribution in [3.63, 3.8) is 0 Å². The lowest BCUT2D eigenvalue weighted by Gasteiger charge is -2.54. The molecule has 0 bridgehead atoms. The van der Waals surface area contributed by atoms with Crippen molar-refractivity contribution in [2.75, 3.05) is 0 Å². The Morgan fingerprint density at radius 2 is 0.462 bits per heavy atom. The molecule has 0 saturated carbocycles. The molecule has 0 atom stereocenters. The van der Waals surface area contributed by atoms with E-state index in [1.165, 1.54) is 212 Å². The SMILES string of the molecule is CCCCCCC(CCCCCC)(CCCCC(CCCCCC)(CCCCCC)C(CCCCCC)(CCCCCC)CCCCCC)C(=O)O. The smallest absolute Gasteiger partial charge is 0.309 e. The van der Waals surface area contributed by atoms with Gasteiger partial charge < -0.3 is 5.11 Å². The van der Waals surface area contributed by atoms with Gasteiger partial charge in [-0.05, 0) is 68.6 Å². The van der Waals surface area contributed by atoms with E-state index in [2.05, 4.69) is 48.5 Å². The summed E-state index contributed by atoms with van der Waals surface area (Å²) in [6.45, 7) is 16.4. The number of unbranched alkanes of at least 4 members (excludes halogenated alkanes) is 22. The van der Waals surface area contributed by atoms with Gasteiger partial charge in [0.05, 0.1) is 5.41 Å². The van der Waals surface area contributed by atoms with Crippen LogP contribution in [0.15, 0.2) is 0 Å². The van der Waals surface area contributed by atoms with Crippen molar-refractivity contribution in [1.29, 1.82) is 0 Å². The third-order valence-corrected chi connectivity index (χ3v) is 13.7. The Bertz CT molecular complexity index is 700. The van der Waals surface area contributed by atoms with E-state index in [0.29, 0.717) is 10.8 Å². The molecular weight excluding hydrogens is 633 g/mol. The van der Waals surface area contributed by atoms with Crippen LogP contribution in [0, 0.1) is 16.2 Å². The zero-order valence-corrected chi connectivity index (χ0v) is 37.4. The van der Waals surface area contributed by atoms with Gasteiger partial charge in [0.2, 0.25) is 0 Å². The van der Waals surface area contributed by atoms with Gasteiger partial charge in [-0.25, -0.2) is 0 Å². The molecule has 0 saturated heterocycles. The number of hydrogen-bond acceptors (Lipinski definition) is 1. The minimum atomic E-state index is -0.510. The molecule has 0 aromatic carbocycles. The first-order valence-corrected chi connectivity index (χ1v) is 24.6. The summed E-state index contributed by atoms with van der Waals surface area (Å²) >= 11 is 0. The average molecular weight is 733 g/mol. The van der Waals surface area contributed by atoms with E-state index in [4.69, 9.17) is 0 Å². The molecule has 0 aliphatic carbocycles. The van der Waals surface area contributed by atoms with Crippen LogP contribution in [-0.2, 0) is 4.79 Å². The number of hydrogen-bond donors (Lipinski definition) is 1. The third kappa shape index (κ3) is 22.1. The fourth-order valence-corrected chi connectivity index (χ4v) is 10.2. The molecular formula is C50H100O2. The molecule has 0 heterocycles. The maximum absolute atomic E-state index is 13.2. The van der Waals surface area contributed by atoms with Crippen LogP contribution in [0.25, 0.3) is 0 Å². The van der Waals surface area contributed by atoms with Gasteiger partial charge in [0.1, 0.15) is 0 Å². The number of rotatable bonds is 42. The Hall–Kier alpha value is -0.530. The Labute approximate surface area is 330 Å². The van der Waals surface area contributed by atoms with Crippen molar-refractivity contribution < 1.29 is 9.90 Å². The van der Waals surface area contributed by atoms with Gasteiger partial charge >= 0.3 is 5.97 Å². The van der Waals surface area contributed by atoms with Gasteiger partial charge in [0, 0.05) is 0 Å². The molecule has 0 aromatic heterocycles. The fourth-order valence-electron chi connectivity index (χ4n) is 10.2. The quantitative estimate of drug-likeness (QED) is 0.0635. The van der Waals surface area contributed by atoms with E-state index in [1.54, 1.807) is 0 Å². The predicted molar refractivity (Wildman–Crippen MR) is 235 cm³/mol. The summed E-state index contributed by atoms with van der Waals surface area (Å²) in [5, 5.41) is 10.9. The van der Waals surface area contributed by atoms with E-state index in [1.807, 2.05) is 0 Å². The minimum absolute atomic E-state index is 0.410. The van der Waals surface area contributed by atoms with Crippen LogP contribution in [0.5, 0.6) is 0 Å². The van der Waals surface area contributed by atoms with E-state index in [9.17, 15) is 9.90 Å². The molecule has 0 spiro atoms. The molecule has 0 aromatic rings. The standard InChI is InChI=1S/C50H100O2/c1-8-15-22-29-38-48(47(51)52,39-30-23-16-9-2)40-36-37-46-50(44-34-27-20-13-6,45-35-28-21-14-7)49(41-31-24-17-10-3,42-32-25-18-11-4)43-33-26-19-12-5/h8-46H2,1-7H3,(H,51,52). The van der Waals surface area contributed by atoms with Gasteiger partial charge in [-0.3, -0.25) is 4.79 Å². The van der Waals surface area contributed by atoms with E-state index in [0.717, 1.165) is 38.5 Å². The van der Waals surface area contributed by atoms with Crippen LogP contribution in [0.3, 0.4) is 0 Å². The van der Waals surface area contributed by atoms with Crippen LogP contribution in [0.2, 0.25) is 0 Å². The van der Waals surface area contributed by atoms with Crippen LogP contribution < -0.4 is 0 Å². The maximum atomic E-state index is 13.2. The van der Waals surface area contributed by atoms with Crippen molar-refractivity contribution in [1.82, 2.24) is 0 Å². The average Bonchev–Trinajstić information content (AvgIpc) is 3.14. The molecule has 0 rings (SSSR count). The summed E-state index contributed by atoms with van der Waals surface area (Å²) in [4.78, 5) is 13.2. The van der Waals surface area contributed by atoms with Crippen molar-refractivity contribution >= 4 is 5.97 Å². The monoisotopic (exact) mass is 733 g/mol. The van der Waals surface area contributed by atoms with Gasteiger partial charge in [0.15, 0.2) is 0 Å². The second kappa shape index (κ2) is 34.9. The van der Waals surface area contributed by atoms with Crippen LogP contribution in [-0.4, -0.2) is 11.1 Å². The maximum Gasteiger partial charge on any atom is 0.309 e. The topological polar surface area (TPSA) is 37.3 Å². The molecule has 2 heteroatoms. The first kappa shape index (κ1) is 51.5. The Morgan fingerprint density at radius 1 is 0.288 bits per heavy atom. The highest BCUT2D eigenvalue weighted by Gasteiger charge is 2.48. The Morgan fingerprint density at radius 3 is 0.654 bits per heavy atom. The number of carbonyl (C=O) groups is 1. The van der Waals surface area contributed by atoms with E-state index in [-0.39, 0.29) is 0 Å². The second-order valence-corrected chi connectivity index (χ2v) is 18.0. The molecule has 0 aliphatic rings. The largest absolute Gasteiger partial charge is 0.481 e. The van der Waals surface area contributed by atoms with Gasteiger partial charge in [-0.1, -0.05) is 241 Å². The highest BCUT2D eigenvalue weighted by molar-refractivity contribution is 5.74.